The van der Waals surface area contributed by atoms with Crippen LogP contribution in [0.2, 0.25) is 0 Å². The number of rotatable bonds is 7. The summed E-state index contributed by atoms with van der Waals surface area (Å²) in [6.45, 7) is 3.41. The molecule has 0 aliphatic rings. The van der Waals surface area contributed by atoms with Gasteiger partial charge in [-0.05, 0) is 13.3 Å². The molecule has 0 radical (unpaired) electrons. The molecule has 1 aromatic heterocycles. The zero-order valence-corrected chi connectivity index (χ0v) is 12.2. The van der Waals surface area contributed by atoms with Crippen molar-refractivity contribution < 1.29 is 9.53 Å². The van der Waals surface area contributed by atoms with Gasteiger partial charge in [-0.2, -0.15) is 5.10 Å². The van der Waals surface area contributed by atoms with Crippen LogP contribution in [-0.2, 0) is 23.1 Å². The van der Waals surface area contributed by atoms with Crippen LogP contribution < -0.4 is 10.6 Å². The first-order chi connectivity index (χ1) is 9.67. The van der Waals surface area contributed by atoms with Crippen molar-refractivity contribution >= 4 is 11.9 Å². The molecule has 0 saturated carbocycles. The summed E-state index contributed by atoms with van der Waals surface area (Å²) in [5.74, 6) is 1.31. The lowest BCUT2D eigenvalue weighted by molar-refractivity contribution is -0.143. The summed E-state index contributed by atoms with van der Waals surface area (Å²) in [5, 5.41) is 10.2. The number of hydrogen-bond donors (Lipinski definition) is 2. The van der Waals surface area contributed by atoms with Crippen molar-refractivity contribution in [2.45, 2.75) is 26.3 Å². The zero-order chi connectivity index (χ0) is 14.8. The van der Waals surface area contributed by atoms with Crippen LogP contribution in [0.4, 0.5) is 0 Å². The van der Waals surface area contributed by atoms with E-state index < -0.39 is 0 Å². The SMILES string of the molecule is CCOC(=O)CCCNC(=NC)NCc1ncnn1C. The van der Waals surface area contributed by atoms with Gasteiger partial charge in [-0.25, -0.2) is 4.98 Å². The van der Waals surface area contributed by atoms with Gasteiger partial charge in [0.15, 0.2) is 5.96 Å². The second-order valence-corrected chi connectivity index (χ2v) is 4.06. The van der Waals surface area contributed by atoms with Crippen molar-refractivity contribution in [3.05, 3.63) is 12.2 Å². The quantitative estimate of drug-likeness (QED) is 0.312. The van der Waals surface area contributed by atoms with Gasteiger partial charge in [-0.1, -0.05) is 0 Å². The molecule has 0 amide bonds. The number of nitrogens with zero attached hydrogens (tertiary/aromatic N) is 4. The highest BCUT2D eigenvalue weighted by Crippen LogP contribution is 1.92. The minimum absolute atomic E-state index is 0.170. The van der Waals surface area contributed by atoms with Crippen molar-refractivity contribution in [3.63, 3.8) is 0 Å². The summed E-state index contributed by atoms with van der Waals surface area (Å²) in [4.78, 5) is 19.4. The molecule has 0 aliphatic heterocycles. The largest absolute Gasteiger partial charge is 0.466 e. The van der Waals surface area contributed by atoms with Crippen LogP contribution in [0.3, 0.4) is 0 Å². The van der Waals surface area contributed by atoms with Crippen LogP contribution in [0.25, 0.3) is 0 Å². The smallest absolute Gasteiger partial charge is 0.305 e. The molecule has 2 N–H and O–H groups in total. The van der Waals surface area contributed by atoms with Gasteiger partial charge in [-0.3, -0.25) is 14.5 Å². The molecule has 0 fully saturated rings. The molecular weight excluding hydrogens is 260 g/mol. The Morgan fingerprint density at radius 2 is 2.30 bits per heavy atom. The van der Waals surface area contributed by atoms with Crippen molar-refractivity contribution in [2.24, 2.45) is 12.0 Å². The van der Waals surface area contributed by atoms with Crippen LogP contribution in [0, 0.1) is 0 Å². The highest BCUT2D eigenvalue weighted by atomic mass is 16.5. The summed E-state index contributed by atoms with van der Waals surface area (Å²) < 4.78 is 6.55. The van der Waals surface area contributed by atoms with Crippen molar-refractivity contribution in [3.8, 4) is 0 Å². The number of carbonyl (C=O) groups is 1. The van der Waals surface area contributed by atoms with Gasteiger partial charge in [0.05, 0.1) is 13.2 Å². The van der Waals surface area contributed by atoms with E-state index in [9.17, 15) is 4.79 Å². The summed E-state index contributed by atoms with van der Waals surface area (Å²) in [7, 11) is 3.52. The molecule has 0 aromatic carbocycles. The van der Waals surface area contributed by atoms with Crippen LogP contribution in [0.15, 0.2) is 11.3 Å². The topological polar surface area (TPSA) is 93.4 Å². The molecule has 0 bridgehead atoms. The number of aliphatic imine (C=N–C) groups is 1. The monoisotopic (exact) mass is 282 g/mol. The molecule has 0 spiro atoms. The molecule has 0 saturated heterocycles. The number of aromatic nitrogens is 3. The maximum atomic E-state index is 11.2. The number of ether oxygens (including phenoxy) is 1. The van der Waals surface area contributed by atoms with Gasteiger partial charge in [-0.15, -0.1) is 0 Å². The summed E-state index contributed by atoms with van der Waals surface area (Å²) in [5.41, 5.74) is 0. The minimum atomic E-state index is -0.170. The van der Waals surface area contributed by atoms with E-state index >= 15 is 0 Å². The Kier molecular flexibility index (Phi) is 7.08. The first-order valence-electron chi connectivity index (χ1n) is 6.60. The Labute approximate surface area is 118 Å². The lowest BCUT2D eigenvalue weighted by Crippen LogP contribution is -2.38. The fourth-order valence-electron chi connectivity index (χ4n) is 1.54. The number of aryl methyl sites for hydroxylation is 1. The molecule has 1 aromatic rings. The summed E-state index contributed by atoms with van der Waals surface area (Å²) in [6, 6.07) is 0. The third-order valence-corrected chi connectivity index (χ3v) is 2.60. The van der Waals surface area contributed by atoms with E-state index in [1.807, 2.05) is 7.05 Å². The van der Waals surface area contributed by atoms with E-state index in [2.05, 4.69) is 25.7 Å². The van der Waals surface area contributed by atoms with Gasteiger partial charge in [0.25, 0.3) is 0 Å². The van der Waals surface area contributed by atoms with E-state index in [1.54, 1.807) is 18.7 Å². The molecule has 8 nitrogen and oxygen atoms in total. The van der Waals surface area contributed by atoms with Crippen LogP contribution >= 0.6 is 0 Å². The first-order valence-corrected chi connectivity index (χ1v) is 6.60. The molecule has 0 aliphatic carbocycles. The predicted octanol–water partition coefficient (Wildman–Crippen LogP) is -0.177. The molecule has 0 unspecified atom stereocenters. The van der Waals surface area contributed by atoms with Gasteiger partial charge in [0.1, 0.15) is 12.2 Å². The van der Waals surface area contributed by atoms with E-state index in [1.165, 1.54) is 6.33 Å². The third-order valence-electron chi connectivity index (χ3n) is 2.60. The van der Waals surface area contributed by atoms with Crippen molar-refractivity contribution in [2.75, 3.05) is 20.2 Å². The van der Waals surface area contributed by atoms with Crippen LogP contribution in [0.1, 0.15) is 25.6 Å². The molecule has 20 heavy (non-hydrogen) atoms. The maximum absolute atomic E-state index is 11.2. The minimum Gasteiger partial charge on any atom is -0.466 e. The fraction of sp³-hybridized carbons (Fsp3) is 0.667. The maximum Gasteiger partial charge on any atom is 0.305 e. The zero-order valence-electron chi connectivity index (χ0n) is 12.2. The van der Waals surface area contributed by atoms with Gasteiger partial charge in [0.2, 0.25) is 0 Å². The standard InChI is InChI=1S/C12H22N6O2/c1-4-20-11(19)6-5-7-14-12(13-2)15-8-10-16-9-17-18(10)3/h9H,4-8H2,1-3H3,(H2,13,14,15). The Bertz CT molecular complexity index is 443. The van der Waals surface area contributed by atoms with E-state index in [-0.39, 0.29) is 5.97 Å². The second-order valence-electron chi connectivity index (χ2n) is 4.06. The van der Waals surface area contributed by atoms with Crippen LogP contribution in [-0.4, -0.2) is 46.9 Å². The fourth-order valence-corrected chi connectivity index (χ4v) is 1.54. The highest BCUT2D eigenvalue weighted by Gasteiger charge is 2.04. The summed E-state index contributed by atoms with van der Waals surface area (Å²) >= 11 is 0. The summed E-state index contributed by atoms with van der Waals surface area (Å²) in [6.07, 6.45) is 2.61. The van der Waals surface area contributed by atoms with E-state index in [0.29, 0.717) is 38.5 Å². The van der Waals surface area contributed by atoms with E-state index in [4.69, 9.17) is 4.74 Å². The molecule has 112 valence electrons. The Hall–Kier alpha value is -2.12. The molecule has 8 heteroatoms. The van der Waals surface area contributed by atoms with Crippen molar-refractivity contribution in [1.29, 1.82) is 0 Å². The lowest BCUT2D eigenvalue weighted by Gasteiger charge is -2.11. The predicted molar refractivity (Wildman–Crippen MR) is 75.1 cm³/mol. The normalized spacial score (nSPS) is 11.2. The highest BCUT2D eigenvalue weighted by molar-refractivity contribution is 5.79. The van der Waals surface area contributed by atoms with Gasteiger partial charge >= 0.3 is 5.97 Å². The average Bonchev–Trinajstić information content (AvgIpc) is 2.84. The average molecular weight is 282 g/mol. The number of guanidine groups is 1. The van der Waals surface area contributed by atoms with Crippen LogP contribution in [0.5, 0.6) is 0 Å². The molecular formula is C12H22N6O2. The van der Waals surface area contributed by atoms with Crippen molar-refractivity contribution in [1.82, 2.24) is 25.4 Å². The lowest BCUT2D eigenvalue weighted by atomic mass is 10.3. The Morgan fingerprint density at radius 3 is 2.90 bits per heavy atom. The molecule has 1 rings (SSSR count). The van der Waals surface area contributed by atoms with Gasteiger partial charge < -0.3 is 15.4 Å². The number of nitrogens with one attached hydrogen (secondary N) is 2. The Morgan fingerprint density at radius 1 is 1.50 bits per heavy atom. The molecule has 1 heterocycles. The van der Waals surface area contributed by atoms with Gasteiger partial charge in [0, 0.05) is 27.1 Å². The first kappa shape index (κ1) is 15.9. The van der Waals surface area contributed by atoms with E-state index in [0.717, 1.165) is 5.82 Å². The number of esters is 1. The number of carbonyl (C=O) groups excluding carboxylic acids is 1. The molecule has 0 atom stereocenters. The third kappa shape index (κ3) is 5.68. The second kappa shape index (κ2) is 8.89. The number of hydrogen-bond acceptors (Lipinski definition) is 5. The Balaban J connectivity index is 2.20.